The Hall–Kier alpha value is 0.780. The molecule has 20 heavy (non-hydrogen) atoms. The van der Waals surface area contributed by atoms with E-state index in [2.05, 4.69) is 63.7 Å². The molecule has 0 fully saturated rings. The highest BCUT2D eigenvalue weighted by atomic mass is 79.9. The largest absolute Gasteiger partial charge is 0.462 e. The first-order valence-corrected chi connectivity index (χ1v) is 9.50. The van der Waals surface area contributed by atoms with Gasteiger partial charge in [0.2, 0.25) is 0 Å². The average molecular weight is 550 g/mol. The zero-order valence-electron chi connectivity index (χ0n) is 10.2. The second-order valence-corrected chi connectivity index (χ2v) is 7.54. The summed E-state index contributed by atoms with van der Waals surface area (Å²) in [4.78, 5) is 22.6. The van der Waals surface area contributed by atoms with Gasteiger partial charge in [0, 0.05) is 10.7 Å². The summed E-state index contributed by atoms with van der Waals surface area (Å²) in [7, 11) is 0. The van der Waals surface area contributed by atoms with Crippen LogP contribution in [-0.2, 0) is 19.1 Å². The molecule has 0 saturated carbocycles. The summed E-state index contributed by atoms with van der Waals surface area (Å²) in [6.07, 6.45) is -3.95. The van der Waals surface area contributed by atoms with E-state index in [1.807, 2.05) is 0 Å². The van der Waals surface area contributed by atoms with Gasteiger partial charge in [0.15, 0.2) is 12.2 Å². The molecule has 0 saturated heterocycles. The van der Waals surface area contributed by atoms with Gasteiger partial charge in [-0.15, -0.1) is 0 Å². The predicted molar refractivity (Wildman–Crippen MR) is 86.9 cm³/mol. The van der Waals surface area contributed by atoms with Gasteiger partial charge in [0.05, 0.1) is 9.65 Å². The van der Waals surface area contributed by atoms with Crippen molar-refractivity contribution >= 4 is 75.7 Å². The molecule has 0 heterocycles. The van der Waals surface area contributed by atoms with Gasteiger partial charge in [-0.1, -0.05) is 63.7 Å². The summed E-state index contributed by atoms with van der Waals surface area (Å²) >= 11 is 12.7. The highest BCUT2D eigenvalue weighted by molar-refractivity contribution is 9.12. The Balaban J connectivity index is 4.20. The van der Waals surface area contributed by atoms with Crippen LogP contribution >= 0.6 is 63.7 Å². The van der Waals surface area contributed by atoms with E-state index in [0.29, 0.717) is 10.7 Å². The molecule has 0 aliphatic heterocycles. The first kappa shape index (κ1) is 20.8. The standard InChI is InChI=1S/C10H14Br4O6/c11-1-5(13)3-19-9(17)7(15)8(16)10(18)20-4-6(14)2-12/h5-8,15-16H,1-4H2. The Kier molecular flexibility index (Phi) is 11.8. The van der Waals surface area contributed by atoms with E-state index in [1.165, 1.54) is 0 Å². The van der Waals surface area contributed by atoms with Crippen molar-refractivity contribution in [2.24, 2.45) is 0 Å². The average Bonchev–Trinajstić information content (AvgIpc) is 2.47. The number of carbonyl (C=O) groups is 2. The van der Waals surface area contributed by atoms with Crippen LogP contribution in [0, 0.1) is 0 Å². The SMILES string of the molecule is O=C(OCC(Br)CBr)C(O)C(O)C(=O)OCC(Br)CBr. The summed E-state index contributed by atoms with van der Waals surface area (Å²) in [5.74, 6) is -2.17. The topological polar surface area (TPSA) is 93.1 Å². The molecule has 118 valence electrons. The van der Waals surface area contributed by atoms with Crippen molar-refractivity contribution in [3.05, 3.63) is 0 Å². The lowest BCUT2D eigenvalue weighted by Crippen LogP contribution is -2.42. The van der Waals surface area contributed by atoms with Crippen LogP contribution in [0.4, 0.5) is 0 Å². The molecular formula is C10H14Br4O6. The molecule has 4 atom stereocenters. The summed E-state index contributed by atoms with van der Waals surface area (Å²) in [5, 5.41) is 20.1. The maximum Gasteiger partial charge on any atom is 0.338 e. The number of carbonyl (C=O) groups excluding carboxylic acids is 2. The molecule has 4 unspecified atom stereocenters. The molecule has 0 aliphatic carbocycles. The third-order valence-corrected chi connectivity index (χ3v) is 6.41. The quantitative estimate of drug-likeness (QED) is 0.331. The van der Waals surface area contributed by atoms with E-state index in [1.54, 1.807) is 0 Å². The van der Waals surface area contributed by atoms with Crippen LogP contribution in [0.1, 0.15) is 0 Å². The van der Waals surface area contributed by atoms with Crippen LogP contribution in [0.5, 0.6) is 0 Å². The molecule has 0 amide bonds. The number of aliphatic hydroxyl groups is 2. The zero-order chi connectivity index (χ0) is 15.7. The Morgan fingerprint density at radius 1 is 0.850 bits per heavy atom. The fourth-order valence-electron chi connectivity index (χ4n) is 0.863. The van der Waals surface area contributed by atoms with Crippen molar-refractivity contribution in [1.29, 1.82) is 0 Å². The van der Waals surface area contributed by atoms with E-state index in [-0.39, 0.29) is 22.9 Å². The lowest BCUT2D eigenvalue weighted by molar-refractivity contribution is -0.172. The van der Waals surface area contributed by atoms with Crippen LogP contribution in [-0.4, -0.2) is 67.9 Å². The minimum Gasteiger partial charge on any atom is -0.462 e. The van der Waals surface area contributed by atoms with E-state index >= 15 is 0 Å². The molecule has 0 aliphatic rings. The van der Waals surface area contributed by atoms with Crippen molar-refractivity contribution in [1.82, 2.24) is 0 Å². The first-order valence-electron chi connectivity index (χ1n) is 5.42. The maximum atomic E-state index is 11.4. The van der Waals surface area contributed by atoms with Gasteiger partial charge in [0.1, 0.15) is 13.2 Å². The summed E-state index contributed by atoms with van der Waals surface area (Å²) in [6, 6.07) is 0. The van der Waals surface area contributed by atoms with Gasteiger partial charge in [-0.05, 0) is 0 Å². The van der Waals surface area contributed by atoms with Crippen LogP contribution in [0.3, 0.4) is 0 Å². The molecule has 0 rings (SSSR count). The second kappa shape index (κ2) is 11.4. The van der Waals surface area contributed by atoms with E-state index in [0.717, 1.165) is 0 Å². The number of rotatable bonds is 9. The van der Waals surface area contributed by atoms with Crippen LogP contribution < -0.4 is 0 Å². The minimum absolute atomic E-state index is 0.00400. The third kappa shape index (κ3) is 8.28. The van der Waals surface area contributed by atoms with Crippen molar-refractivity contribution in [2.75, 3.05) is 23.9 Å². The van der Waals surface area contributed by atoms with Crippen molar-refractivity contribution < 1.29 is 29.3 Å². The fourth-order valence-corrected chi connectivity index (χ4v) is 1.50. The number of ether oxygens (including phenoxy) is 2. The molecule has 6 nitrogen and oxygen atoms in total. The van der Waals surface area contributed by atoms with Crippen LogP contribution in [0.15, 0.2) is 0 Å². The van der Waals surface area contributed by atoms with E-state index in [4.69, 9.17) is 9.47 Å². The number of hydrogen-bond donors (Lipinski definition) is 2. The monoisotopic (exact) mass is 546 g/mol. The Bertz CT molecular complexity index is 286. The molecular weight excluding hydrogens is 536 g/mol. The predicted octanol–water partition coefficient (Wildman–Crippen LogP) is 1.11. The lowest BCUT2D eigenvalue weighted by Gasteiger charge is -2.17. The van der Waals surface area contributed by atoms with Crippen molar-refractivity contribution in [3.63, 3.8) is 0 Å². The Morgan fingerprint density at radius 3 is 1.40 bits per heavy atom. The highest BCUT2D eigenvalue weighted by Gasteiger charge is 2.33. The second-order valence-electron chi connectivity index (χ2n) is 3.65. The summed E-state index contributed by atoms with van der Waals surface area (Å²) in [5.41, 5.74) is 0. The van der Waals surface area contributed by atoms with Gasteiger partial charge < -0.3 is 19.7 Å². The smallest absolute Gasteiger partial charge is 0.338 e. The number of hydrogen-bond acceptors (Lipinski definition) is 6. The summed E-state index contributed by atoms with van der Waals surface area (Å²) in [6.45, 7) is -0.00799. The summed E-state index contributed by atoms with van der Waals surface area (Å²) < 4.78 is 9.45. The van der Waals surface area contributed by atoms with Crippen molar-refractivity contribution in [2.45, 2.75) is 21.9 Å². The molecule has 0 aromatic rings. The Labute approximate surface area is 150 Å². The maximum absolute atomic E-state index is 11.4. The number of aliphatic hydroxyl groups excluding tert-OH is 2. The molecule has 2 N–H and O–H groups in total. The molecule has 10 heteroatoms. The zero-order valence-corrected chi connectivity index (χ0v) is 16.5. The number of halogens is 4. The molecule has 0 aromatic heterocycles. The van der Waals surface area contributed by atoms with Crippen LogP contribution in [0.25, 0.3) is 0 Å². The molecule has 0 aromatic carbocycles. The third-order valence-electron chi connectivity index (χ3n) is 1.93. The first-order chi connectivity index (χ1) is 9.33. The van der Waals surface area contributed by atoms with Gasteiger partial charge >= 0.3 is 11.9 Å². The highest BCUT2D eigenvalue weighted by Crippen LogP contribution is 2.08. The minimum atomic E-state index is -1.98. The van der Waals surface area contributed by atoms with Gasteiger partial charge in [-0.2, -0.15) is 0 Å². The van der Waals surface area contributed by atoms with E-state index in [9.17, 15) is 19.8 Å². The van der Waals surface area contributed by atoms with Crippen molar-refractivity contribution in [3.8, 4) is 0 Å². The van der Waals surface area contributed by atoms with E-state index < -0.39 is 24.1 Å². The number of esters is 2. The lowest BCUT2D eigenvalue weighted by atomic mass is 10.2. The fraction of sp³-hybridized carbons (Fsp3) is 0.800. The van der Waals surface area contributed by atoms with Crippen LogP contribution in [0.2, 0.25) is 0 Å². The van der Waals surface area contributed by atoms with Gasteiger partial charge in [0.25, 0.3) is 0 Å². The number of alkyl halides is 4. The molecule has 0 bridgehead atoms. The Morgan fingerprint density at radius 2 is 1.15 bits per heavy atom. The normalized spacial score (nSPS) is 16.9. The molecule has 0 spiro atoms. The van der Waals surface area contributed by atoms with Gasteiger partial charge in [-0.3, -0.25) is 0 Å². The molecule has 0 radical (unpaired) electrons. The van der Waals surface area contributed by atoms with Gasteiger partial charge in [-0.25, -0.2) is 9.59 Å².